The van der Waals surface area contributed by atoms with Gasteiger partial charge in [0.15, 0.2) is 0 Å². The molecule has 1 heterocycles. The van der Waals surface area contributed by atoms with E-state index in [1.807, 2.05) is 20.8 Å². The van der Waals surface area contributed by atoms with Crippen molar-refractivity contribution in [3.63, 3.8) is 0 Å². The van der Waals surface area contributed by atoms with Crippen molar-refractivity contribution in [2.45, 2.75) is 77.4 Å². The van der Waals surface area contributed by atoms with E-state index in [0.717, 1.165) is 25.7 Å². The van der Waals surface area contributed by atoms with E-state index in [0.29, 0.717) is 26.2 Å². The summed E-state index contributed by atoms with van der Waals surface area (Å²) in [4.78, 5) is 27.8. The van der Waals surface area contributed by atoms with E-state index >= 15 is 0 Å². The molecule has 2 aliphatic rings. The number of nitrogens with zero attached hydrogens (tertiary/aromatic N) is 2. The Labute approximate surface area is 145 Å². The molecular formula is C18H32N2O4. The zero-order valence-electron chi connectivity index (χ0n) is 15.4. The first kappa shape index (κ1) is 18.9. The predicted molar refractivity (Wildman–Crippen MR) is 92.0 cm³/mol. The minimum absolute atomic E-state index is 0.0571. The van der Waals surface area contributed by atoms with Crippen LogP contribution in [0.4, 0.5) is 9.59 Å². The van der Waals surface area contributed by atoms with E-state index in [2.05, 4.69) is 0 Å². The Hall–Kier alpha value is -1.46. The summed E-state index contributed by atoms with van der Waals surface area (Å²) < 4.78 is 11.1. The number of carbonyl (C=O) groups is 2. The average Bonchev–Trinajstić information content (AvgIpc) is 2.48. The summed E-state index contributed by atoms with van der Waals surface area (Å²) in [5, 5.41) is 0. The van der Waals surface area contributed by atoms with Crippen LogP contribution < -0.4 is 0 Å². The number of carbonyl (C=O) groups excluding carboxylic acids is 2. The second-order valence-electron chi connectivity index (χ2n) is 7.81. The molecule has 1 saturated heterocycles. The Morgan fingerprint density at radius 2 is 1.25 bits per heavy atom. The van der Waals surface area contributed by atoms with Crippen molar-refractivity contribution < 1.29 is 19.1 Å². The third-order valence-electron chi connectivity index (χ3n) is 4.51. The highest BCUT2D eigenvalue weighted by Gasteiger charge is 2.29. The second-order valence-corrected chi connectivity index (χ2v) is 7.81. The molecular weight excluding hydrogens is 308 g/mol. The van der Waals surface area contributed by atoms with Crippen LogP contribution in [-0.4, -0.2) is 59.9 Å². The largest absolute Gasteiger partial charge is 0.446 e. The molecule has 138 valence electrons. The Bertz CT molecular complexity index is 417. The Morgan fingerprint density at radius 3 is 1.75 bits per heavy atom. The highest BCUT2D eigenvalue weighted by Crippen LogP contribution is 2.20. The van der Waals surface area contributed by atoms with Crippen molar-refractivity contribution in [3.8, 4) is 0 Å². The highest BCUT2D eigenvalue weighted by atomic mass is 16.6. The van der Waals surface area contributed by atoms with Crippen LogP contribution in [0.5, 0.6) is 0 Å². The first-order valence-electron chi connectivity index (χ1n) is 9.28. The van der Waals surface area contributed by atoms with E-state index in [9.17, 15) is 9.59 Å². The van der Waals surface area contributed by atoms with E-state index in [-0.39, 0.29) is 18.3 Å². The van der Waals surface area contributed by atoms with E-state index in [1.165, 1.54) is 19.3 Å². The molecule has 0 radical (unpaired) electrons. The van der Waals surface area contributed by atoms with Gasteiger partial charge in [0.1, 0.15) is 11.7 Å². The predicted octanol–water partition coefficient (Wildman–Crippen LogP) is 3.79. The van der Waals surface area contributed by atoms with Gasteiger partial charge in [-0.1, -0.05) is 19.3 Å². The van der Waals surface area contributed by atoms with Crippen molar-refractivity contribution in [3.05, 3.63) is 0 Å². The van der Waals surface area contributed by atoms with Gasteiger partial charge in [0, 0.05) is 26.2 Å². The lowest BCUT2D eigenvalue weighted by Gasteiger charge is -2.35. The molecule has 0 spiro atoms. The molecule has 0 aromatic carbocycles. The molecule has 0 aromatic rings. The van der Waals surface area contributed by atoms with Crippen LogP contribution in [0.2, 0.25) is 0 Å². The topological polar surface area (TPSA) is 59.1 Å². The summed E-state index contributed by atoms with van der Waals surface area (Å²) in [6.07, 6.45) is 7.53. The molecule has 6 heteroatoms. The van der Waals surface area contributed by atoms with Gasteiger partial charge in [-0.3, -0.25) is 0 Å². The van der Waals surface area contributed by atoms with Gasteiger partial charge in [-0.2, -0.15) is 0 Å². The monoisotopic (exact) mass is 340 g/mol. The molecule has 6 nitrogen and oxygen atoms in total. The minimum atomic E-state index is -0.495. The van der Waals surface area contributed by atoms with Gasteiger partial charge in [-0.15, -0.1) is 0 Å². The molecule has 0 atom stereocenters. The van der Waals surface area contributed by atoms with Crippen molar-refractivity contribution in [2.24, 2.45) is 0 Å². The van der Waals surface area contributed by atoms with Crippen LogP contribution in [0, 0.1) is 0 Å². The van der Waals surface area contributed by atoms with Gasteiger partial charge in [-0.25, -0.2) is 9.59 Å². The summed E-state index contributed by atoms with van der Waals surface area (Å²) in [5.41, 5.74) is -0.495. The van der Waals surface area contributed by atoms with Crippen molar-refractivity contribution >= 4 is 12.2 Å². The summed E-state index contributed by atoms with van der Waals surface area (Å²) in [5.74, 6) is 0. The van der Waals surface area contributed by atoms with E-state index < -0.39 is 5.60 Å². The standard InChI is InChI=1S/C18H32N2O4/c1-18(2,3)24-17(22)20-13-11-19(12-14-20)16(21)23-15-9-7-5-4-6-8-10-15/h15H,4-14H2,1-3H3. The van der Waals surface area contributed by atoms with E-state index in [4.69, 9.17) is 9.47 Å². The minimum Gasteiger partial charge on any atom is -0.446 e. The molecule has 0 N–H and O–H groups in total. The summed E-state index contributed by atoms with van der Waals surface area (Å²) in [6.45, 7) is 7.56. The normalized spacial score (nSPS) is 21.0. The maximum atomic E-state index is 12.3. The Morgan fingerprint density at radius 1 is 0.792 bits per heavy atom. The zero-order chi connectivity index (χ0) is 17.6. The SMILES string of the molecule is CC(C)(C)OC(=O)N1CCN(C(=O)OC2CCCCCCC2)CC1. The van der Waals surface area contributed by atoms with Gasteiger partial charge in [0.25, 0.3) is 0 Å². The van der Waals surface area contributed by atoms with Crippen molar-refractivity contribution in [1.82, 2.24) is 9.80 Å². The second kappa shape index (κ2) is 8.58. The van der Waals surface area contributed by atoms with Crippen LogP contribution in [0.3, 0.4) is 0 Å². The number of hydrogen-bond donors (Lipinski definition) is 0. The first-order valence-corrected chi connectivity index (χ1v) is 9.28. The molecule has 2 rings (SSSR count). The first-order chi connectivity index (χ1) is 11.3. The van der Waals surface area contributed by atoms with Crippen LogP contribution >= 0.6 is 0 Å². The fraction of sp³-hybridized carbons (Fsp3) is 0.889. The van der Waals surface area contributed by atoms with Gasteiger partial charge in [0.2, 0.25) is 0 Å². The molecule has 1 saturated carbocycles. The van der Waals surface area contributed by atoms with Crippen LogP contribution in [0.1, 0.15) is 65.7 Å². The lowest BCUT2D eigenvalue weighted by Crippen LogP contribution is -2.52. The van der Waals surface area contributed by atoms with Crippen molar-refractivity contribution in [1.29, 1.82) is 0 Å². The smallest absolute Gasteiger partial charge is 0.410 e. The molecule has 0 aromatic heterocycles. The molecule has 24 heavy (non-hydrogen) atoms. The van der Waals surface area contributed by atoms with Gasteiger partial charge >= 0.3 is 12.2 Å². The zero-order valence-corrected chi connectivity index (χ0v) is 15.4. The number of ether oxygens (including phenoxy) is 2. The van der Waals surface area contributed by atoms with Crippen LogP contribution in [0.25, 0.3) is 0 Å². The molecule has 0 unspecified atom stereocenters. The molecule has 0 bridgehead atoms. The van der Waals surface area contributed by atoms with Gasteiger partial charge in [0.05, 0.1) is 0 Å². The maximum absolute atomic E-state index is 12.3. The number of hydrogen-bond acceptors (Lipinski definition) is 4. The third-order valence-corrected chi connectivity index (χ3v) is 4.51. The quantitative estimate of drug-likeness (QED) is 0.729. The third kappa shape index (κ3) is 6.21. The number of piperazine rings is 1. The van der Waals surface area contributed by atoms with E-state index in [1.54, 1.807) is 9.80 Å². The molecule has 1 aliphatic heterocycles. The highest BCUT2D eigenvalue weighted by molar-refractivity contribution is 5.70. The molecule has 2 amide bonds. The average molecular weight is 340 g/mol. The Balaban J connectivity index is 1.74. The maximum Gasteiger partial charge on any atom is 0.410 e. The van der Waals surface area contributed by atoms with Crippen LogP contribution in [0.15, 0.2) is 0 Å². The Kier molecular flexibility index (Phi) is 6.75. The lowest BCUT2D eigenvalue weighted by molar-refractivity contribution is 0.00745. The lowest BCUT2D eigenvalue weighted by atomic mass is 9.99. The fourth-order valence-corrected chi connectivity index (χ4v) is 3.15. The molecule has 2 fully saturated rings. The van der Waals surface area contributed by atoms with Gasteiger partial charge < -0.3 is 19.3 Å². The summed E-state index contributed by atoms with van der Waals surface area (Å²) >= 11 is 0. The molecule has 1 aliphatic carbocycles. The van der Waals surface area contributed by atoms with Crippen LogP contribution in [-0.2, 0) is 9.47 Å². The number of rotatable bonds is 1. The van der Waals surface area contributed by atoms with Crippen molar-refractivity contribution in [2.75, 3.05) is 26.2 Å². The van der Waals surface area contributed by atoms with Gasteiger partial charge in [-0.05, 0) is 46.5 Å². The fourth-order valence-electron chi connectivity index (χ4n) is 3.15. The summed E-state index contributed by atoms with van der Waals surface area (Å²) in [7, 11) is 0. The summed E-state index contributed by atoms with van der Waals surface area (Å²) in [6, 6.07) is 0. The number of amides is 2.